The summed E-state index contributed by atoms with van der Waals surface area (Å²) in [4.78, 5) is 11.9. The van der Waals surface area contributed by atoms with Crippen molar-refractivity contribution in [1.29, 1.82) is 0 Å². The van der Waals surface area contributed by atoms with Gasteiger partial charge in [0.15, 0.2) is 0 Å². The lowest BCUT2D eigenvalue weighted by Gasteiger charge is -2.42. The number of carbonyl (C=O) groups excluding carboxylic acids is 1. The van der Waals surface area contributed by atoms with Gasteiger partial charge in [-0.1, -0.05) is 34.5 Å². The highest BCUT2D eigenvalue weighted by atomic mass is 79.9. The quantitative estimate of drug-likeness (QED) is 0.793. The molecule has 114 valence electrons. The minimum absolute atomic E-state index is 0.124. The molecule has 0 radical (unpaired) electrons. The SMILES string of the molecule is O=C(CNCC1CC1)NCC1(c2ccc(Br)cc2)CCC1. The second kappa shape index (κ2) is 6.49. The Morgan fingerprint density at radius 1 is 1.24 bits per heavy atom. The third kappa shape index (κ3) is 3.86. The van der Waals surface area contributed by atoms with Crippen LogP contribution >= 0.6 is 15.9 Å². The average molecular weight is 351 g/mol. The van der Waals surface area contributed by atoms with Crippen LogP contribution in [-0.4, -0.2) is 25.5 Å². The van der Waals surface area contributed by atoms with Crippen molar-refractivity contribution in [2.75, 3.05) is 19.6 Å². The lowest BCUT2D eigenvalue weighted by Crippen LogP contribution is -2.47. The zero-order valence-corrected chi connectivity index (χ0v) is 13.9. The van der Waals surface area contributed by atoms with E-state index in [2.05, 4.69) is 50.8 Å². The lowest BCUT2D eigenvalue weighted by atomic mass is 9.64. The summed E-state index contributed by atoms with van der Waals surface area (Å²) in [5.41, 5.74) is 1.51. The van der Waals surface area contributed by atoms with Crippen LogP contribution in [0.5, 0.6) is 0 Å². The van der Waals surface area contributed by atoms with E-state index >= 15 is 0 Å². The van der Waals surface area contributed by atoms with Crippen molar-refractivity contribution in [2.45, 2.75) is 37.5 Å². The molecule has 0 bridgehead atoms. The molecule has 0 spiro atoms. The van der Waals surface area contributed by atoms with Gasteiger partial charge in [-0.3, -0.25) is 4.79 Å². The molecule has 0 aromatic heterocycles. The summed E-state index contributed by atoms with van der Waals surface area (Å²) in [7, 11) is 0. The van der Waals surface area contributed by atoms with Crippen LogP contribution in [-0.2, 0) is 10.2 Å². The molecule has 1 aromatic rings. The Morgan fingerprint density at radius 3 is 2.52 bits per heavy atom. The number of hydrogen-bond acceptors (Lipinski definition) is 2. The van der Waals surface area contributed by atoms with Gasteiger partial charge in [-0.2, -0.15) is 0 Å². The smallest absolute Gasteiger partial charge is 0.233 e. The first-order chi connectivity index (χ1) is 10.2. The maximum atomic E-state index is 11.9. The largest absolute Gasteiger partial charge is 0.354 e. The van der Waals surface area contributed by atoms with Crippen molar-refractivity contribution in [3.63, 3.8) is 0 Å². The third-order valence-corrected chi connectivity index (χ3v) is 5.34. The normalized spacial score (nSPS) is 19.9. The summed E-state index contributed by atoms with van der Waals surface area (Å²) in [6.45, 7) is 2.21. The van der Waals surface area contributed by atoms with E-state index < -0.39 is 0 Å². The number of amides is 1. The van der Waals surface area contributed by atoms with Gasteiger partial charge in [0.25, 0.3) is 0 Å². The van der Waals surface area contributed by atoms with E-state index in [0.717, 1.165) is 23.5 Å². The van der Waals surface area contributed by atoms with Crippen molar-refractivity contribution >= 4 is 21.8 Å². The molecule has 0 heterocycles. The van der Waals surface area contributed by atoms with Crippen LogP contribution in [0.2, 0.25) is 0 Å². The molecular weight excluding hydrogens is 328 g/mol. The fourth-order valence-corrected chi connectivity index (χ4v) is 3.28. The molecule has 0 atom stereocenters. The second-order valence-electron chi connectivity index (χ2n) is 6.49. The molecule has 0 unspecified atom stereocenters. The molecular formula is C17H23BrN2O. The topological polar surface area (TPSA) is 41.1 Å². The van der Waals surface area contributed by atoms with Crippen LogP contribution in [0.15, 0.2) is 28.7 Å². The van der Waals surface area contributed by atoms with Gasteiger partial charge in [0.1, 0.15) is 0 Å². The van der Waals surface area contributed by atoms with Crippen LogP contribution in [0, 0.1) is 5.92 Å². The Labute approximate surface area is 135 Å². The second-order valence-corrected chi connectivity index (χ2v) is 7.41. The molecule has 4 heteroatoms. The average Bonchev–Trinajstić information content (AvgIpc) is 3.23. The predicted molar refractivity (Wildman–Crippen MR) is 88.3 cm³/mol. The zero-order valence-electron chi connectivity index (χ0n) is 12.3. The summed E-state index contributed by atoms with van der Waals surface area (Å²) in [6, 6.07) is 8.55. The molecule has 2 fully saturated rings. The first-order valence-electron chi connectivity index (χ1n) is 7.91. The van der Waals surface area contributed by atoms with Crippen LogP contribution in [0.3, 0.4) is 0 Å². The minimum Gasteiger partial charge on any atom is -0.354 e. The van der Waals surface area contributed by atoms with E-state index in [4.69, 9.17) is 0 Å². The minimum atomic E-state index is 0.124. The molecule has 21 heavy (non-hydrogen) atoms. The van der Waals surface area contributed by atoms with Crippen molar-refractivity contribution in [3.05, 3.63) is 34.3 Å². The summed E-state index contributed by atoms with van der Waals surface area (Å²) < 4.78 is 1.11. The number of halogens is 1. The van der Waals surface area contributed by atoms with Crippen molar-refractivity contribution in [3.8, 4) is 0 Å². The number of benzene rings is 1. The number of rotatable bonds is 7. The van der Waals surface area contributed by atoms with Crippen molar-refractivity contribution < 1.29 is 4.79 Å². The third-order valence-electron chi connectivity index (χ3n) is 4.81. The Kier molecular flexibility index (Phi) is 4.65. The van der Waals surface area contributed by atoms with Gasteiger partial charge in [0.2, 0.25) is 5.91 Å². The van der Waals surface area contributed by atoms with Crippen LogP contribution in [0.25, 0.3) is 0 Å². The van der Waals surface area contributed by atoms with Gasteiger partial charge in [-0.25, -0.2) is 0 Å². The number of nitrogens with one attached hydrogen (secondary N) is 2. The van der Waals surface area contributed by atoms with E-state index in [1.165, 1.54) is 37.7 Å². The van der Waals surface area contributed by atoms with Gasteiger partial charge in [0, 0.05) is 16.4 Å². The summed E-state index contributed by atoms with van der Waals surface area (Å²) >= 11 is 3.48. The first kappa shape index (κ1) is 15.0. The molecule has 3 nitrogen and oxygen atoms in total. The maximum Gasteiger partial charge on any atom is 0.233 e. The van der Waals surface area contributed by atoms with Crippen molar-refractivity contribution in [1.82, 2.24) is 10.6 Å². The molecule has 3 rings (SSSR count). The summed E-state index contributed by atoms with van der Waals surface area (Å²) in [5.74, 6) is 0.942. The van der Waals surface area contributed by atoms with Gasteiger partial charge in [-0.15, -0.1) is 0 Å². The van der Waals surface area contributed by atoms with E-state index in [1.54, 1.807) is 0 Å². The van der Waals surface area contributed by atoms with Crippen LogP contribution in [0.4, 0.5) is 0 Å². The fraction of sp³-hybridized carbons (Fsp3) is 0.588. The Morgan fingerprint density at radius 2 is 1.95 bits per heavy atom. The molecule has 2 aliphatic carbocycles. The van der Waals surface area contributed by atoms with Gasteiger partial charge < -0.3 is 10.6 Å². The van der Waals surface area contributed by atoms with E-state index in [-0.39, 0.29) is 11.3 Å². The first-order valence-corrected chi connectivity index (χ1v) is 8.71. The maximum absolute atomic E-state index is 11.9. The molecule has 2 saturated carbocycles. The molecule has 0 saturated heterocycles. The Hall–Kier alpha value is -0.870. The molecule has 1 aromatic carbocycles. The highest BCUT2D eigenvalue weighted by Crippen LogP contribution is 2.43. The number of carbonyl (C=O) groups is 1. The highest BCUT2D eigenvalue weighted by molar-refractivity contribution is 9.10. The Bertz CT molecular complexity index is 492. The van der Waals surface area contributed by atoms with Crippen LogP contribution < -0.4 is 10.6 Å². The highest BCUT2D eigenvalue weighted by Gasteiger charge is 2.38. The molecule has 0 aliphatic heterocycles. The number of hydrogen-bond donors (Lipinski definition) is 2. The van der Waals surface area contributed by atoms with Crippen LogP contribution in [0.1, 0.15) is 37.7 Å². The lowest BCUT2D eigenvalue weighted by molar-refractivity contribution is -0.120. The molecule has 2 N–H and O–H groups in total. The summed E-state index contributed by atoms with van der Waals surface area (Å²) in [5, 5.41) is 6.37. The van der Waals surface area contributed by atoms with Gasteiger partial charge in [-0.05, 0) is 55.8 Å². The monoisotopic (exact) mass is 350 g/mol. The van der Waals surface area contributed by atoms with Gasteiger partial charge >= 0.3 is 0 Å². The van der Waals surface area contributed by atoms with E-state index in [1.807, 2.05) is 0 Å². The summed E-state index contributed by atoms with van der Waals surface area (Å²) in [6.07, 6.45) is 6.24. The zero-order chi connectivity index (χ0) is 14.7. The fourth-order valence-electron chi connectivity index (χ4n) is 3.02. The molecule has 1 amide bonds. The van der Waals surface area contributed by atoms with Crippen molar-refractivity contribution in [2.24, 2.45) is 5.92 Å². The molecule has 2 aliphatic rings. The van der Waals surface area contributed by atoms with Gasteiger partial charge in [0.05, 0.1) is 6.54 Å². The Balaban J connectivity index is 1.49. The van der Waals surface area contributed by atoms with E-state index in [0.29, 0.717) is 6.54 Å². The van der Waals surface area contributed by atoms with E-state index in [9.17, 15) is 4.79 Å². The predicted octanol–water partition coefficient (Wildman–Crippen LogP) is 2.99. The standard InChI is InChI=1S/C17H23BrN2O/c18-15-6-4-14(5-7-15)17(8-1-9-17)12-20-16(21)11-19-10-13-2-3-13/h4-7,13,19H,1-3,8-12H2,(H,20,21).